The molecule has 0 aromatic rings. The first-order valence-corrected chi connectivity index (χ1v) is 8.07. The summed E-state index contributed by atoms with van der Waals surface area (Å²) in [5.74, 6) is 0. The van der Waals surface area contributed by atoms with Gasteiger partial charge in [-0.15, -0.1) is 0 Å². The fraction of sp³-hybridized carbons (Fsp3) is 0.909. The molecule has 2 saturated carbocycles. The Labute approximate surface area is 102 Å². The van der Waals surface area contributed by atoms with Gasteiger partial charge in [0.05, 0.1) is 5.25 Å². The van der Waals surface area contributed by atoms with Crippen LogP contribution in [0.25, 0.3) is 0 Å². The molecule has 0 heterocycles. The van der Waals surface area contributed by atoms with Crippen molar-refractivity contribution in [2.45, 2.75) is 49.4 Å². The van der Waals surface area contributed by atoms with Crippen LogP contribution < -0.4 is 5.32 Å². The molecule has 2 rings (SSSR count). The van der Waals surface area contributed by atoms with Crippen LogP contribution in [0.1, 0.15) is 32.1 Å². The molecule has 0 spiro atoms. The second-order valence-corrected chi connectivity index (χ2v) is 7.47. The minimum Gasteiger partial charge on any atom is -0.335 e. The quantitative estimate of drug-likeness (QED) is 0.814. The molecule has 98 valence electrons. The standard InChI is InChI=1S/C11H20N2O3S/c1-13(11(14)12-8-6-7-8)9-4-3-5-10(9)17(2,15)16/h8-10H,3-7H2,1-2H3,(H,12,14)/t9-,10+/m1/s1. The smallest absolute Gasteiger partial charge is 0.317 e. The highest BCUT2D eigenvalue weighted by molar-refractivity contribution is 7.91. The largest absolute Gasteiger partial charge is 0.335 e. The summed E-state index contributed by atoms with van der Waals surface area (Å²) in [6.45, 7) is 0. The van der Waals surface area contributed by atoms with Gasteiger partial charge in [0.1, 0.15) is 0 Å². The third-order valence-corrected chi connectivity index (χ3v) is 5.34. The molecular formula is C11H20N2O3S. The van der Waals surface area contributed by atoms with Gasteiger partial charge in [0, 0.05) is 25.4 Å². The SMILES string of the molecule is CN(C(=O)NC1CC1)[C@@H]1CCC[C@@H]1S(C)(=O)=O. The van der Waals surface area contributed by atoms with Crippen molar-refractivity contribution in [3.05, 3.63) is 0 Å². The Morgan fingerprint density at radius 1 is 1.24 bits per heavy atom. The van der Waals surface area contributed by atoms with Crippen LogP contribution in [-0.4, -0.2) is 50.0 Å². The summed E-state index contributed by atoms with van der Waals surface area (Å²) < 4.78 is 23.3. The Bertz CT molecular complexity index is 403. The highest BCUT2D eigenvalue weighted by atomic mass is 32.2. The Morgan fingerprint density at radius 2 is 1.88 bits per heavy atom. The lowest BCUT2D eigenvalue weighted by atomic mass is 10.2. The molecule has 17 heavy (non-hydrogen) atoms. The molecule has 0 aromatic carbocycles. The van der Waals surface area contributed by atoms with Crippen LogP contribution in [0.2, 0.25) is 0 Å². The van der Waals surface area contributed by atoms with Crippen LogP contribution in [0.5, 0.6) is 0 Å². The third kappa shape index (κ3) is 2.91. The summed E-state index contributed by atoms with van der Waals surface area (Å²) in [6.07, 6.45) is 5.68. The van der Waals surface area contributed by atoms with Crippen LogP contribution in [0, 0.1) is 0 Å². The molecule has 2 aliphatic carbocycles. The predicted molar refractivity (Wildman–Crippen MR) is 65.6 cm³/mol. The van der Waals surface area contributed by atoms with E-state index in [0.717, 1.165) is 25.7 Å². The Hall–Kier alpha value is -0.780. The van der Waals surface area contributed by atoms with Crippen LogP contribution in [0.15, 0.2) is 0 Å². The molecule has 5 nitrogen and oxygen atoms in total. The van der Waals surface area contributed by atoms with Gasteiger partial charge < -0.3 is 10.2 Å². The minimum absolute atomic E-state index is 0.131. The number of hydrogen-bond acceptors (Lipinski definition) is 3. The highest BCUT2D eigenvalue weighted by Crippen LogP contribution is 2.29. The van der Waals surface area contributed by atoms with Crippen LogP contribution in [0.4, 0.5) is 4.79 Å². The van der Waals surface area contributed by atoms with E-state index in [1.165, 1.54) is 6.26 Å². The van der Waals surface area contributed by atoms with Crippen molar-refractivity contribution in [3.8, 4) is 0 Å². The molecule has 0 bridgehead atoms. The van der Waals surface area contributed by atoms with E-state index in [4.69, 9.17) is 0 Å². The van der Waals surface area contributed by atoms with Gasteiger partial charge in [-0.05, 0) is 32.1 Å². The number of sulfone groups is 1. The van der Waals surface area contributed by atoms with Crippen molar-refractivity contribution in [2.24, 2.45) is 0 Å². The highest BCUT2D eigenvalue weighted by Gasteiger charge is 2.39. The molecule has 0 unspecified atom stereocenters. The molecular weight excluding hydrogens is 240 g/mol. The van der Waals surface area contributed by atoms with Crippen LogP contribution >= 0.6 is 0 Å². The van der Waals surface area contributed by atoms with E-state index in [-0.39, 0.29) is 12.1 Å². The lowest BCUT2D eigenvalue weighted by molar-refractivity contribution is 0.191. The number of carbonyl (C=O) groups is 1. The van der Waals surface area contributed by atoms with E-state index >= 15 is 0 Å². The minimum atomic E-state index is -3.06. The number of amides is 2. The maximum atomic E-state index is 11.9. The molecule has 2 aliphatic rings. The molecule has 0 aliphatic heterocycles. The zero-order valence-electron chi connectivity index (χ0n) is 10.3. The number of nitrogens with zero attached hydrogens (tertiary/aromatic N) is 1. The molecule has 1 N–H and O–H groups in total. The Kier molecular flexibility index (Phi) is 3.34. The van der Waals surface area contributed by atoms with Crippen molar-refractivity contribution >= 4 is 15.9 Å². The van der Waals surface area contributed by atoms with E-state index in [1.807, 2.05) is 0 Å². The van der Waals surface area contributed by atoms with Gasteiger partial charge in [-0.1, -0.05) is 0 Å². The zero-order valence-corrected chi connectivity index (χ0v) is 11.2. The average Bonchev–Trinajstić information content (AvgIpc) is 2.89. The molecule has 2 atom stereocenters. The monoisotopic (exact) mass is 260 g/mol. The number of urea groups is 1. The normalized spacial score (nSPS) is 29.1. The van der Waals surface area contributed by atoms with Gasteiger partial charge in [-0.3, -0.25) is 0 Å². The van der Waals surface area contributed by atoms with Gasteiger partial charge in [-0.25, -0.2) is 13.2 Å². The number of nitrogens with one attached hydrogen (secondary N) is 1. The summed E-state index contributed by atoms with van der Waals surface area (Å²) in [7, 11) is -1.36. The van der Waals surface area contributed by atoms with Crippen molar-refractivity contribution in [3.63, 3.8) is 0 Å². The summed E-state index contributed by atoms with van der Waals surface area (Å²) in [6, 6.07) is 0.0137. The Balaban J connectivity index is 2.01. The Morgan fingerprint density at radius 3 is 2.41 bits per heavy atom. The average molecular weight is 260 g/mol. The summed E-state index contributed by atoms with van der Waals surface area (Å²) >= 11 is 0. The van der Waals surface area contributed by atoms with E-state index in [9.17, 15) is 13.2 Å². The second kappa shape index (κ2) is 4.48. The maximum Gasteiger partial charge on any atom is 0.317 e. The lowest BCUT2D eigenvalue weighted by Crippen LogP contribution is -2.49. The van der Waals surface area contributed by atoms with Gasteiger partial charge in [-0.2, -0.15) is 0 Å². The summed E-state index contributed by atoms with van der Waals surface area (Å²) in [4.78, 5) is 13.5. The van der Waals surface area contributed by atoms with Crippen LogP contribution in [0.3, 0.4) is 0 Å². The van der Waals surface area contributed by atoms with Gasteiger partial charge in [0.15, 0.2) is 9.84 Å². The van der Waals surface area contributed by atoms with Crippen molar-refractivity contribution in [1.29, 1.82) is 0 Å². The van der Waals surface area contributed by atoms with E-state index in [1.54, 1.807) is 11.9 Å². The molecule has 0 aromatic heterocycles. The number of carbonyl (C=O) groups excluding carboxylic acids is 1. The van der Waals surface area contributed by atoms with E-state index in [0.29, 0.717) is 12.5 Å². The fourth-order valence-electron chi connectivity index (χ4n) is 2.50. The second-order valence-electron chi connectivity index (χ2n) is 5.20. The van der Waals surface area contributed by atoms with Crippen molar-refractivity contribution in [1.82, 2.24) is 10.2 Å². The topological polar surface area (TPSA) is 66.5 Å². The zero-order chi connectivity index (χ0) is 12.6. The first-order valence-electron chi connectivity index (χ1n) is 6.12. The lowest BCUT2D eigenvalue weighted by Gasteiger charge is -2.29. The van der Waals surface area contributed by atoms with Crippen molar-refractivity contribution < 1.29 is 13.2 Å². The van der Waals surface area contributed by atoms with Crippen LogP contribution in [-0.2, 0) is 9.84 Å². The van der Waals surface area contributed by atoms with E-state index < -0.39 is 15.1 Å². The van der Waals surface area contributed by atoms with Crippen molar-refractivity contribution in [2.75, 3.05) is 13.3 Å². The van der Waals surface area contributed by atoms with Gasteiger partial charge >= 0.3 is 6.03 Å². The molecule has 2 amide bonds. The summed E-state index contributed by atoms with van der Waals surface area (Å²) in [5, 5.41) is 2.50. The number of rotatable bonds is 3. The first kappa shape index (κ1) is 12.7. The molecule has 0 radical (unpaired) electrons. The molecule has 6 heteroatoms. The fourth-order valence-corrected chi connectivity index (χ4v) is 3.99. The first-order chi connectivity index (χ1) is 7.89. The molecule has 0 saturated heterocycles. The van der Waals surface area contributed by atoms with Gasteiger partial charge in [0.25, 0.3) is 0 Å². The summed E-state index contributed by atoms with van der Waals surface area (Å²) in [5.41, 5.74) is 0. The maximum absolute atomic E-state index is 11.9. The molecule has 2 fully saturated rings. The number of hydrogen-bond donors (Lipinski definition) is 1. The van der Waals surface area contributed by atoms with Gasteiger partial charge in [0.2, 0.25) is 0 Å². The third-order valence-electron chi connectivity index (χ3n) is 3.69. The van der Waals surface area contributed by atoms with E-state index in [2.05, 4.69) is 5.32 Å². The predicted octanol–water partition coefficient (Wildman–Crippen LogP) is 0.756.